The molecule has 1 heterocycles. The van der Waals surface area contributed by atoms with Crippen molar-refractivity contribution in [2.75, 3.05) is 4.90 Å². The maximum absolute atomic E-state index is 13.1. The predicted octanol–water partition coefficient (Wildman–Crippen LogP) is 3.72. The number of nitrogens with two attached hydrogens (primary N) is 1. The van der Waals surface area contributed by atoms with Gasteiger partial charge in [-0.3, -0.25) is 14.5 Å². The van der Waals surface area contributed by atoms with Gasteiger partial charge in [0.2, 0.25) is 10.0 Å². The highest BCUT2D eigenvalue weighted by atomic mass is 79.9. The van der Waals surface area contributed by atoms with E-state index in [4.69, 9.17) is 5.14 Å². The summed E-state index contributed by atoms with van der Waals surface area (Å²) >= 11 is 3.33. The molecule has 32 heavy (non-hydrogen) atoms. The highest BCUT2D eigenvalue weighted by molar-refractivity contribution is 9.10. The van der Waals surface area contributed by atoms with E-state index in [9.17, 15) is 23.1 Å². The van der Waals surface area contributed by atoms with Crippen LogP contribution in [-0.4, -0.2) is 25.2 Å². The molecule has 0 bridgehead atoms. The van der Waals surface area contributed by atoms with Crippen LogP contribution in [0.5, 0.6) is 0 Å². The number of nitrogens with zero attached hydrogens (tertiary/aromatic N) is 1. The molecule has 3 N–H and O–H groups in total. The van der Waals surface area contributed by atoms with E-state index in [2.05, 4.69) is 15.9 Å². The largest absolute Gasteiger partial charge is 0.507 e. The number of sulfonamides is 1. The zero-order chi connectivity index (χ0) is 23.0. The van der Waals surface area contributed by atoms with Gasteiger partial charge in [0.1, 0.15) is 5.76 Å². The van der Waals surface area contributed by atoms with Crippen LogP contribution in [0.1, 0.15) is 17.2 Å². The summed E-state index contributed by atoms with van der Waals surface area (Å²) in [6, 6.07) is 20.0. The number of ketones is 1. The molecule has 0 aliphatic carbocycles. The van der Waals surface area contributed by atoms with Gasteiger partial charge >= 0.3 is 0 Å². The van der Waals surface area contributed by atoms with E-state index in [1.165, 1.54) is 29.2 Å². The normalized spacial score (nSPS) is 18.2. The Morgan fingerprint density at radius 3 is 2.06 bits per heavy atom. The van der Waals surface area contributed by atoms with E-state index < -0.39 is 27.8 Å². The van der Waals surface area contributed by atoms with Crippen molar-refractivity contribution in [3.05, 3.63) is 100 Å². The van der Waals surface area contributed by atoms with E-state index in [-0.39, 0.29) is 16.2 Å². The lowest BCUT2D eigenvalue weighted by Crippen LogP contribution is -2.29. The predicted molar refractivity (Wildman–Crippen MR) is 123 cm³/mol. The van der Waals surface area contributed by atoms with Gasteiger partial charge in [0, 0.05) is 15.7 Å². The number of halogens is 1. The lowest BCUT2D eigenvalue weighted by atomic mass is 9.95. The number of carbonyl (C=O) groups excluding carboxylic acids is 2. The Morgan fingerprint density at radius 2 is 1.50 bits per heavy atom. The van der Waals surface area contributed by atoms with Crippen LogP contribution in [0.4, 0.5) is 5.69 Å². The molecule has 1 aliphatic heterocycles. The zero-order valence-electron chi connectivity index (χ0n) is 16.5. The minimum atomic E-state index is -3.92. The van der Waals surface area contributed by atoms with Crippen LogP contribution in [0.25, 0.3) is 5.76 Å². The summed E-state index contributed by atoms with van der Waals surface area (Å²) in [6.45, 7) is 0. The Hall–Kier alpha value is -3.27. The van der Waals surface area contributed by atoms with Crippen LogP contribution in [0.2, 0.25) is 0 Å². The first kappa shape index (κ1) is 21.9. The van der Waals surface area contributed by atoms with Gasteiger partial charge in [0.15, 0.2) is 0 Å². The summed E-state index contributed by atoms with van der Waals surface area (Å²) in [6.07, 6.45) is 0. The number of Topliss-reactive ketones (excluding diaryl/α,β-unsaturated/α-hetero) is 1. The molecule has 1 atom stereocenters. The maximum atomic E-state index is 13.1. The third kappa shape index (κ3) is 3.97. The number of aliphatic hydroxyl groups excluding tert-OH is 1. The number of hydrogen-bond acceptors (Lipinski definition) is 5. The monoisotopic (exact) mass is 512 g/mol. The number of rotatable bonds is 4. The van der Waals surface area contributed by atoms with Crippen LogP contribution >= 0.6 is 15.9 Å². The average Bonchev–Trinajstić information content (AvgIpc) is 3.04. The number of aliphatic hydroxyl groups is 1. The maximum Gasteiger partial charge on any atom is 0.300 e. The first-order chi connectivity index (χ1) is 15.2. The second kappa shape index (κ2) is 8.34. The Bertz CT molecular complexity index is 1340. The minimum absolute atomic E-state index is 0.0564. The van der Waals surface area contributed by atoms with E-state index in [0.29, 0.717) is 16.8 Å². The van der Waals surface area contributed by atoms with Gasteiger partial charge in [-0.25, -0.2) is 13.6 Å². The Morgan fingerprint density at radius 1 is 0.906 bits per heavy atom. The third-order valence-corrected chi connectivity index (χ3v) is 6.58. The number of hydrogen-bond donors (Lipinski definition) is 2. The van der Waals surface area contributed by atoms with Crippen molar-refractivity contribution < 1.29 is 23.1 Å². The number of primary sulfonamides is 1. The lowest BCUT2D eigenvalue weighted by molar-refractivity contribution is -0.132. The van der Waals surface area contributed by atoms with Crippen molar-refractivity contribution >= 4 is 49.1 Å². The molecule has 3 aromatic carbocycles. The number of benzene rings is 3. The summed E-state index contributed by atoms with van der Waals surface area (Å²) in [5, 5.41) is 16.2. The highest BCUT2D eigenvalue weighted by Crippen LogP contribution is 2.42. The molecule has 0 radical (unpaired) electrons. The van der Waals surface area contributed by atoms with Gasteiger partial charge in [-0.1, -0.05) is 58.4 Å². The number of anilines is 1. The van der Waals surface area contributed by atoms with E-state index >= 15 is 0 Å². The highest BCUT2D eigenvalue weighted by Gasteiger charge is 2.46. The van der Waals surface area contributed by atoms with Crippen LogP contribution in [0.3, 0.4) is 0 Å². The fraction of sp³-hybridized carbons (Fsp3) is 0.0435. The molecule has 9 heteroatoms. The summed E-state index contributed by atoms with van der Waals surface area (Å²) in [4.78, 5) is 27.2. The molecule has 0 saturated carbocycles. The third-order valence-electron chi connectivity index (χ3n) is 5.12. The Labute approximate surface area is 193 Å². The number of carbonyl (C=O) groups is 2. The first-order valence-corrected chi connectivity index (χ1v) is 11.8. The smallest absolute Gasteiger partial charge is 0.300 e. The van der Waals surface area contributed by atoms with Crippen molar-refractivity contribution in [3.8, 4) is 0 Å². The molecule has 1 amide bonds. The second-order valence-corrected chi connectivity index (χ2v) is 9.60. The first-order valence-electron chi connectivity index (χ1n) is 9.43. The van der Waals surface area contributed by atoms with Gasteiger partial charge in [0.05, 0.1) is 16.5 Å². The fourth-order valence-corrected chi connectivity index (χ4v) is 4.39. The Kier molecular flexibility index (Phi) is 5.72. The van der Waals surface area contributed by atoms with Gasteiger partial charge in [-0.05, 0) is 42.0 Å². The molecule has 7 nitrogen and oxygen atoms in total. The molecular weight excluding hydrogens is 496 g/mol. The topological polar surface area (TPSA) is 118 Å². The molecule has 162 valence electrons. The minimum Gasteiger partial charge on any atom is -0.507 e. The molecular formula is C23H17BrN2O5S. The molecule has 3 aromatic rings. The Balaban J connectivity index is 1.90. The van der Waals surface area contributed by atoms with Gasteiger partial charge < -0.3 is 5.11 Å². The molecule has 1 aliphatic rings. The molecule has 0 spiro atoms. The SMILES string of the molecule is NS(=O)(=O)c1ccc(N2C(=O)C(=O)C(=C(O)c3ccc(Br)cc3)[C@H]2c2ccccc2)cc1. The molecule has 0 unspecified atom stereocenters. The zero-order valence-corrected chi connectivity index (χ0v) is 18.9. The van der Waals surface area contributed by atoms with E-state index in [1.807, 2.05) is 0 Å². The van der Waals surface area contributed by atoms with Crippen molar-refractivity contribution in [1.82, 2.24) is 0 Å². The van der Waals surface area contributed by atoms with Crippen LogP contribution < -0.4 is 10.0 Å². The van der Waals surface area contributed by atoms with Crippen molar-refractivity contribution in [2.24, 2.45) is 5.14 Å². The van der Waals surface area contributed by atoms with Crippen LogP contribution in [0, 0.1) is 0 Å². The van der Waals surface area contributed by atoms with Crippen molar-refractivity contribution in [2.45, 2.75) is 10.9 Å². The van der Waals surface area contributed by atoms with E-state index in [1.54, 1.807) is 54.6 Å². The molecule has 1 fully saturated rings. The van der Waals surface area contributed by atoms with Crippen molar-refractivity contribution in [3.63, 3.8) is 0 Å². The average molecular weight is 513 g/mol. The van der Waals surface area contributed by atoms with Gasteiger partial charge in [-0.2, -0.15) is 0 Å². The standard InChI is InChI=1S/C23H17BrN2O5S/c24-16-8-6-15(7-9-16)21(27)19-20(14-4-2-1-3-5-14)26(23(29)22(19)28)17-10-12-18(13-11-17)32(25,30)31/h1-13,20,27H,(H2,25,30,31)/t20-/m1/s1. The summed E-state index contributed by atoms with van der Waals surface area (Å²) in [5.41, 5.74) is 1.24. The van der Waals surface area contributed by atoms with Crippen LogP contribution in [0.15, 0.2) is 93.8 Å². The fourth-order valence-electron chi connectivity index (χ4n) is 3.61. The van der Waals surface area contributed by atoms with Crippen molar-refractivity contribution in [1.29, 1.82) is 0 Å². The summed E-state index contributed by atoms with van der Waals surface area (Å²) < 4.78 is 24.0. The second-order valence-electron chi connectivity index (χ2n) is 7.13. The van der Waals surface area contributed by atoms with E-state index in [0.717, 1.165) is 4.47 Å². The van der Waals surface area contributed by atoms with Gasteiger partial charge in [0.25, 0.3) is 11.7 Å². The molecule has 4 rings (SSSR count). The molecule has 0 aromatic heterocycles. The lowest BCUT2D eigenvalue weighted by Gasteiger charge is -2.25. The molecule has 1 saturated heterocycles. The van der Waals surface area contributed by atoms with Crippen LogP contribution in [-0.2, 0) is 19.6 Å². The quantitative estimate of drug-likeness (QED) is 0.313. The number of amides is 1. The van der Waals surface area contributed by atoms with Gasteiger partial charge in [-0.15, -0.1) is 0 Å². The summed E-state index contributed by atoms with van der Waals surface area (Å²) in [5.74, 6) is -1.97. The summed E-state index contributed by atoms with van der Waals surface area (Å²) in [7, 11) is -3.92.